The summed E-state index contributed by atoms with van der Waals surface area (Å²) in [5, 5.41) is 12.3. The van der Waals surface area contributed by atoms with E-state index in [1.165, 1.54) is 6.42 Å². The standard InChI is InChI=1S/C14H17NO2/c1-17-13-8-6-11(7-9-13)10-12-4-2-3-5-14(12)15-16/h6-10,16H,2-5H2,1H3. The second kappa shape index (κ2) is 5.53. The summed E-state index contributed by atoms with van der Waals surface area (Å²) in [6.07, 6.45) is 6.23. The van der Waals surface area contributed by atoms with Crippen molar-refractivity contribution >= 4 is 11.8 Å². The quantitative estimate of drug-likeness (QED) is 0.625. The maximum Gasteiger partial charge on any atom is 0.118 e. The number of hydrogen-bond acceptors (Lipinski definition) is 3. The van der Waals surface area contributed by atoms with Crippen molar-refractivity contribution in [2.75, 3.05) is 7.11 Å². The number of hydrogen-bond donors (Lipinski definition) is 1. The molecule has 1 aromatic rings. The molecule has 90 valence electrons. The Kier molecular flexibility index (Phi) is 3.81. The van der Waals surface area contributed by atoms with Gasteiger partial charge in [-0.3, -0.25) is 0 Å². The Balaban J connectivity index is 2.21. The zero-order valence-corrected chi connectivity index (χ0v) is 10.0. The minimum Gasteiger partial charge on any atom is -0.497 e. The number of methoxy groups -OCH3 is 1. The average molecular weight is 231 g/mol. The van der Waals surface area contributed by atoms with Crippen LogP contribution in [-0.4, -0.2) is 18.0 Å². The number of allylic oxidation sites excluding steroid dienone is 1. The van der Waals surface area contributed by atoms with Crippen LogP contribution in [0, 0.1) is 0 Å². The molecule has 3 nitrogen and oxygen atoms in total. The molecular formula is C14H17NO2. The number of ether oxygens (including phenoxy) is 1. The lowest BCUT2D eigenvalue weighted by Gasteiger charge is -2.15. The van der Waals surface area contributed by atoms with E-state index in [9.17, 15) is 0 Å². The monoisotopic (exact) mass is 231 g/mol. The van der Waals surface area contributed by atoms with Gasteiger partial charge < -0.3 is 9.94 Å². The first-order valence-corrected chi connectivity index (χ1v) is 5.89. The third-order valence-corrected chi connectivity index (χ3v) is 3.06. The lowest BCUT2D eigenvalue weighted by molar-refractivity contribution is 0.316. The third-order valence-electron chi connectivity index (χ3n) is 3.06. The SMILES string of the molecule is COc1ccc(C=C2CCCCC2=NO)cc1. The van der Waals surface area contributed by atoms with E-state index >= 15 is 0 Å². The Morgan fingerprint density at radius 1 is 1.18 bits per heavy atom. The molecule has 0 spiro atoms. The maximum absolute atomic E-state index is 8.95. The van der Waals surface area contributed by atoms with Crippen molar-refractivity contribution < 1.29 is 9.94 Å². The predicted molar refractivity (Wildman–Crippen MR) is 68.7 cm³/mol. The van der Waals surface area contributed by atoms with Crippen LogP contribution in [0.15, 0.2) is 35.0 Å². The molecule has 0 radical (unpaired) electrons. The summed E-state index contributed by atoms with van der Waals surface area (Å²) in [5.41, 5.74) is 3.08. The van der Waals surface area contributed by atoms with Gasteiger partial charge in [0.1, 0.15) is 5.75 Å². The number of nitrogens with zero attached hydrogens (tertiary/aromatic N) is 1. The highest BCUT2D eigenvalue weighted by molar-refractivity contribution is 6.03. The minimum absolute atomic E-state index is 0.826. The van der Waals surface area contributed by atoms with Crippen LogP contribution in [0.25, 0.3) is 6.08 Å². The van der Waals surface area contributed by atoms with Crippen molar-refractivity contribution in [1.29, 1.82) is 0 Å². The maximum atomic E-state index is 8.95. The molecule has 0 atom stereocenters. The summed E-state index contributed by atoms with van der Waals surface area (Å²) in [5.74, 6) is 0.854. The summed E-state index contributed by atoms with van der Waals surface area (Å²) in [4.78, 5) is 0. The molecule has 1 fully saturated rings. The second-order valence-electron chi connectivity index (χ2n) is 4.20. The molecule has 0 heterocycles. The lowest BCUT2D eigenvalue weighted by Crippen LogP contribution is -2.08. The van der Waals surface area contributed by atoms with Crippen LogP contribution in [0.4, 0.5) is 0 Å². The molecule has 0 saturated heterocycles. The van der Waals surface area contributed by atoms with Gasteiger partial charge in [0.25, 0.3) is 0 Å². The Morgan fingerprint density at radius 3 is 2.53 bits per heavy atom. The molecule has 0 amide bonds. The van der Waals surface area contributed by atoms with E-state index in [1.54, 1.807) is 7.11 Å². The summed E-state index contributed by atoms with van der Waals surface area (Å²) in [7, 11) is 1.66. The van der Waals surface area contributed by atoms with E-state index in [-0.39, 0.29) is 0 Å². The van der Waals surface area contributed by atoms with E-state index < -0.39 is 0 Å². The van der Waals surface area contributed by atoms with Crippen molar-refractivity contribution in [2.45, 2.75) is 25.7 Å². The third kappa shape index (κ3) is 2.87. The molecular weight excluding hydrogens is 214 g/mol. The largest absolute Gasteiger partial charge is 0.497 e. The van der Waals surface area contributed by atoms with Crippen LogP contribution in [0.1, 0.15) is 31.2 Å². The lowest BCUT2D eigenvalue weighted by atomic mass is 9.91. The highest BCUT2D eigenvalue weighted by Gasteiger charge is 2.13. The molecule has 0 aliphatic heterocycles. The molecule has 17 heavy (non-hydrogen) atoms. The number of rotatable bonds is 2. The topological polar surface area (TPSA) is 41.8 Å². The Labute approximate surface area is 101 Å². The Bertz CT molecular complexity index is 432. The first-order valence-electron chi connectivity index (χ1n) is 5.89. The smallest absolute Gasteiger partial charge is 0.118 e. The van der Waals surface area contributed by atoms with Crippen molar-refractivity contribution in [1.82, 2.24) is 0 Å². The molecule has 0 unspecified atom stereocenters. The molecule has 0 bridgehead atoms. The van der Waals surface area contributed by atoms with Gasteiger partial charge in [-0.1, -0.05) is 17.3 Å². The van der Waals surface area contributed by atoms with Crippen LogP contribution in [0.3, 0.4) is 0 Å². The van der Waals surface area contributed by atoms with Crippen molar-refractivity contribution in [3.8, 4) is 5.75 Å². The van der Waals surface area contributed by atoms with E-state index in [0.29, 0.717) is 0 Å². The minimum atomic E-state index is 0.826. The van der Waals surface area contributed by atoms with Gasteiger partial charge in [0.05, 0.1) is 12.8 Å². The Morgan fingerprint density at radius 2 is 1.88 bits per heavy atom. The van der Waals surface area contributed by atoms with Crippen molar-refractivity contribution in [2.24, 2.45) is 5.16 Å². The fourth-order valence-corrected chi connectivity index (χ4v) is 2.08. The van der Waals surface area contributed by atoms with Gasteiger partial charge in [0.2, 0.25) is 0 Å². The van der Waals surface area contributed by atoms with Gasteiger partial charge in [-0.05, 0) is 55.0 Å². The van der Waals surface area contributed by atoms with Crippen molar-refractivity contribution in [3.63, 3.8) is 0 Å². The zero-order chi connectivity index (χ0) is 12.1. The number of oxime groups is 1. The van der Waals surface area contributed by atoms with E-state index in [4.69, 9.17) is 9.94 Å². The van der Waals surface area contributed by atoms with Gasteiger partial charge in [-0.2, -0.15) is 0 Å². The molecule has 0 aromatic heterocycles. The number of benzene rings is 1. The molecule has 3 heteroatoms. The first kappa shape index (κ1) is 11.7. The summed E-state index contributed by atoms with van der Waals surface area (Å²) in [6.45, 7) is 0. The molecule has 1 N–H and O–H groups in total. The summed E-state index contributed by atoms with van der Waals surface area (Å²) in [6, 6.07) is 7.89. The van der Waals surface area contributed by atoms with E-state index in [0.717, 1.165) is 41.9 Å². The molecule has 1 aliphatic rings. The van der Waals surface area contributed by atoms with Gasteiger partial charge in [-0.25, -0.2) is 0 Å². The van der Waals surface area contributed by atoms with Crippen LogP contribution >= 0.6 is 0 Å². The van der Waals surface area contributed by atoms with Gasteiger partial charge >= 0.3 is 0 Å². The van der Waals surface area contributed by atoms with Crippen molar-refractivity contribution in [3.05, 3.63) is 35.4 Å². The van der Waals surface area contributed by atoms with E-state index in [2.05, 4.69) is 11.2 Å². The first-order chi connectivity index (χ1) is 8.33. The fraction of sp³-hybridized carbons (Fsp3) is 0.357. The van der Waals surface area contributed by atoms with Gasteiger partial charge in [0.15, 0.2) is 0 Å². The molecule has 2 rings (SSSR count). The Hall–Kier alpha value is -1.77. The van der Waals surface area contributed by atoms with Crippen LogP contribution in [0.2, 0.25) is 0 Å². The van der Waals surface area contributed by atoms with Crippen LogP contribution in [0.5, 0.6) is 5.75 Å². The fourth-order valence-electron chi connectivity index (χ4n) is 2.08. The van der Waals surface area contributed by atoms with Gasteiger partial charge in [0, 0.05) is 0 Å². The molecule has 1 aliphatic carbocycles. The highest BCUT2D eigenvalue weighted by atomic mass is 16.5. The normalized spacial score (nSPS) is 20.8. The van der Waals surface area contributed by atoms with Crippen LogP contribution < -0.4 is 4.74 Å². The molecule has 1 saturated carbocycles. The summed E-state index contributed by atoms with van der Waals surface area (Å²) < 4.78 is 5.12. The average Bonchev–Trinajstić information content (AvgIpc) is 2.40. The predicted octanol–water partition coefficient (Wildman–Crippen LogP) is 3.48. The highest BCUT2D eigenvalue weighted by Crippen LogP contribution is 2.24. The van der Waals surface area contributed by atoms with Gasteiger partial charge in [-0.15, -0.1) is 0 Å². The zero-order valence-electron chi connectivity index (χ0n) is 10.0. The van der Waals surface area contributed by atoms with Crippen LogP contribution in [-0.2, 0) is 0 Å². The van der Waals surface area contributed by atoms with E-state index in [1.807, 2.05) is 24.3 Å². The summed E-state index contributed by atoms with van der Waals surface area (Å²) >= 11 is 0. The second-order valence-corrected chi connectivity index (χ2v) is 4.20. The molecule has 1 aromatic carbocycles.